The maximum absolute atomic E-state index is 13.8. The fourth-order valence-corrected chi connectivity index (χ4v) is 3.03. The van der Waals surface area contributed by atoms with E-state index in [1.165, 1.54) is 31.4 Å². The van der Waals surface area contributed by atoms with Crippen molar-refractivity contribution in [3.05, 3.63) is 94.3 Å². The first-order chi connectivity index (χ1) is 15.0. The quantitative estimate of drug-likeness (QED) is 0.386. The summed E-state index contributed by atoms with van der Waals surface area (Å²) in [4.78, 5) is 12.4. The van der Waals surface area contributed by atoms with Crippen LogP contribution in [-0.4, -0.2) is 13.0 Å². The van der Waals surface area contributed by atoms with Gasteiger partial charge in [-0.25, -0.2) is 4.39 Å². The minimum atomic E-state index is -0.743. The highest BCUT2D eigenvalue weighted by atomic mass is 35.5. The van der Waals surface area contributed by atoms with Gasteiger partial charge in [0.15, 0.2) is 11.5 Å². The van der Waals surface area contributed by atoms with Crippen molar-refractivity contribution >= 4 is 29.3 Å². The smallest absolute Gasteiger partial charge is 0.266 e. The SMILES string of the molecule is COc1cc(/C=C(/C#N)C(=O)Nc2ccccc2F)cc(Cl)c1OCc1ccccc1. The molecule has 0 saturated heterocycles. The molecule has 0 unspecified atom stereocenters. The number of amides is 1. The summed E-state index contributed by atoms with van der Waals surface area (Å²) in [7, 11) is 1.46. The summed E-state index contributed by atoms with van der Waals surface area (Å²) in [5.41, 5.74) is 1.17. The van der Waals surface area contributed by atoms with Gasteiger partial charge in [0.05, 0.1) is 17.8 Å². The summed E-state index contributed by atoms with van der Waals surface area (Å²) in [6, 6.07) is 20.2. The van der Waals surface area contributed by atoms with Gasteiger partial charge in [-0.05, 0) is 41.5 Å². The van der Waals surface area contributed by atoms with E-state index in [2.05, 4.69) is 5.32 Å². The molecule has 0 spiro atoms. The predicted molar refractivity (Wildman–Crippen MR) is 117 cm³/mol. The van der Waals surface area contributed by atoms with Crippen molar-refractivity contribution in [2.75, 3.05) is 12.4 Å². The van der Waals surface area contributed by atoms with Gasteiger partial charge in [0.25, 0.3) is 5.91 Å². The van der Waals surface area contributed by atoms with Crippen LogP contribution in [0.5, 0.6) is 11.5 Å². The third-order valence-electron chi connectivity index (χ3n) is 4.28. The molecule has 1 N–H and O–H groups in total. The van der Waals surface area contributed by atoms with Crippen LogP contribution in [0.4, 0.5) is 10.1 Å². The molecule has 0 fully saturated rings. The molecule has 0 saturated carbocycles. The number of halogens is 2. The second kappa shape index (κ2) is 10.3. The average Bonchev–Trinajstić information content (AvgIpc) is 2.78. The summed E-state index contributed by atoms with van der Waals surface area (Å²) < 4.78 is 24.9. The van der Waals surface area contributed by atoms with Crippen LogP contribution in [0.3, 0.4) is 0 Å². The third kappa shape index (κ3) is 5.62. The van der Waals surface area contributed by atoms with Gasteiger partial charge in [-0.1, -0.05) is 54.1 Å². The number of carbonyl (C=O) groups excluding carboxylic acids is 1. The van der Waals surface area contributed by atoms with E-state index in [1.54, 1.807) is 18.2 Å². The zero-order chi connectivity index (χ0) is 22.2. The van der Waals surface area contributed by atoms with E-state index in [4.69, 9.17) is 21.1 Å². The largest absolute Gasteiger partial charge is 0.493 e. The Morgan fingerprint density at radius 3 is 2.55 bits per heavy atom. The van der Waals surface area contributed by atoms with Crippen LogP contribution < -0.4 is 14.8 Å². The van der Waals surface area contributed by atoms with Gasteiger partial charge in [0, 0.05) is 0 Å². The molecule has 7 heteroatoms. The predicted octanol–water partition coefficient (Wildman–Crippen LogP) is 5.61. The van der Waals surface area contributed by atoms with Gasteiger partial charge in [-0.15, -0.1) is 0 Å². The van der Waals surface area contributed by atoms with Crippen LogP contribution in [0.2, 0.25) is 5.02 Å². The monoisotopic (exact) mass is 436 g/mol. The van der Waals surface area contributed by atoms with Crippen molar-refractivity contribution in [3.8, 4) is 17.6 Å². The fourth-order valence-electron chi connectivity index (χ4n) is 2.76. The highest BCUT2D eigenvalue weighted by Gasteiger charge is 2.15. The van der Waals surface area contributed by atoms with E-state index < -0.39 is 11.7 Å². The molecule has 0 aliphatic carbocycles. The van der Waals surface area contributed by atoms with Crippen LogP contribution in [0, 0.1) is 17.1 Å². The molecular weight excluding hydrogens is 419 g/mol. The summed E-state index contributed by atoms with van der Waals surface area (Å²) in [5.74, 6) is -0.647. The van der Waals surface area contributed by atoms with Crippen molar-refractivity contribution in [2.24, 2.45) is 0 Å². The van der Waals surface area contributed by atoms with Gasteiger partial charge in [-0.3, -0.25) is 4.79 Å². The summed E-state index contributed by atoms with van der Waals surface area (Å²) in [5, 5.41) is 12.0. The Kier molecular flexibility index (Phi) is 7.26. The number of para-hydroxylation sites is 1. The summed E-state index contributed by atoms with van der Waals surface area (Å²) in [6.45, 7) is 0.292. The van der Waals surface area contributed by atoms with Gasteiger partial charge in [0.1, 0.15) is 24.1 Å². The number of nitrogens with one attached hydrogen (secondary N) is 1. The van der Waals surface area contributed by atoms with Gasteiger partial charge in [0.2, 0.25) is 0 Å². The van der Waals surface area contributed by atoms with E-state index in [1.807, 2.05) is 36.4 Å². The van der Waals surface area contributed by atoms with E-state index in [9.17, 15) is 14.4 Å². The minimum absolute atomic E-state index is 0.0195. The van der Waals surface area contributed by atoms with Crippen LogP contribution in [0.1, 0.15) is 11.1 Å². The molecule has 0 aromatic heterocycles. The van der Waals surface area contributed by atoms with Crippen LogP contribution in [0.15, 0.2) is 72.3 Å². The van der Waals surface area contributed by atoms with Crippen molar-refractivity contribution < 1.29 is 18.7 Å². The lowest BCUT2D eigenvalue weighted by atomic mass is 10.1. The Hall–Kier alpha value is -3.82. The third-order valence-corrected chi connectivity index (χ3v) is 4.56. The maximum Gasteiger partial charge on any atom is 0.266 e. The van der Waals surface area contributed by atoms with E-state index in [0.717, 1.165) is 5.56 Å². The number of ether oxygens (including phenoxy) is 2. The number of methoxy groups -OCH3 is 1. The van der Waals surface area contributed by atoms with E-state index in [-0.39, 0.29) is 16.3 Å². The maximum atomic E-state index is 13.8. The van der Waals surface area contributed by atoms with Gasteiger partial charge < -0.3 is 14.8 Å². The molecule has 156 valence electrons. The lowest BCUT2D eigenvalue weighted by Crippen LogP contribution is -2.14. The molecule has 3 rings (SSSR count). The Balaban J connectivity index is 1.83. The first kappa shape index (κ1) is 21.9. The minimum Gasteiger partial charge on any atom is -0.493 e. The van der Waals surface area contributed by atoms with Crippen LogP contribution in [-0.2, 0) is 11.4 Å². The van der Waals surface area contributed by atoms with Gasteiger partial charge >= 0.3 is 0 Å². The lowest BCUT2D eigenvalue weighted by molar-refractivity contribution is -0.112. The number of carbonyl (C=O) groups is 1. The lowest BCUT2D eigenvalue weighted by Gasteiger charge is -2.13. The highest BCUT2D eigenvalue weighted by molar-refractivity contribution is 6.32. The standard InChI is InChI=1S/C24H18ClFN2O3/c1-30-22-13-17(12-19(25)23(22)31-15-16-7-3-2-4-8-16)11-18(14-27)24(29)28-21-10-6-5-9-20(21)26/h2-13H,15H2,1H3,(H,28,29)/b18-11-. The zero-order valence-electron chi connectivity index (χ0n) is 16.6. The highest BCUT2D eigenvalue weighted by Crippen LogP contribution is 2.37. The molecule has 0 heterocycles. The van der Waals surface area contributed by atoms with E-state index in [0.29, 0.717) is 23.7 Å². The number of anilines is 1. The normalized spacial score (nSPS) is 10.8. The second-order valence-electron chi connectivity index (χ2n) is 6.41. The molecule has 1 amide bonds. The number of benzene rings is 3. The van der Waals surface area contributed by atoms with Crippen LogP contribution >= 0.6 is 11.6 Å². The average molecular weight is 437 g/mol. The zero-order valence-corrected chi connectivity index (χ0v) is 17.3. The molecule has 0 bridgehead atoms. The number of nitrogens with zero attached hydrogens (tertiary/aromatic N) is 1. The number of hydrogen-bond acceptors (Lipinski definition) is 4. The molecule has 0 aliphatic heterocycles. The Bertz CT molecular complexity index is 1160. The first-order valence-electron chi connectivity index (χ1n) is 9.23. The van der Waals surface area contributed by atoms with Crippen molar-refractivity contribution in [1.82, 2.24) is 0 Å². The van der Waals surface area contributed by atoms with Crippen molar-refractivity contribution in [1.29, 1.82) is 5.26 Å². The summed E-state index contributed by atoms with van der Waals surface area (Å²) in [6.07, 6.45) is 1.34. The molecule has 0 radical (unpaired) electrons. The molecule has 0 atom stereocenters. The molecule has 3 aromatic carbocycles. The second-order valence-corrected chi connectivity index (χ2v) is 6.82. The topological polar surface area (TPSA) is 71.3 Å². The Morgan fingerprint density at radius 1 is 1.16 bits per heavy atom. The van der Waals surface area contributed by atoms with Gasteiger partial charge in [-0.2, -0.15) is 5.26 Å². The van der Waals surface area contributed by atoms with E-state index >= 15 is 0 Å². The number of nitriles is 1. The molecular formula is C24H18ClFN2O3. The number of rotatable bonds is 7. The van der Waals surface area contributed by atoms with Crippen LogP contribution in [0.25, 0.3) is 6.08 Å². The van der Waals surface area contributed by atoms with Crippen molar-refractivity contribution in [3.63, 3.8) is 0 Å². The summed E-state index contributed by atoms with van der Waals surface area (Å²) >= 11 is 6.37. The Labute approximate surface area is 184 Å². The molecule has 5 nitrogen and oxygen atoms in total. The molecule has 3 aromatic rings. The number of hydrogen-bond donors (Lipinski definition) is 1. The Morgan fingerprint density at radius 2 is 1.87 bits per heavy atom. The fraction of sp³-hybridized carbons (Fsp3) is 0.0833. The van der Waals surface area contributed by atoms with Crippen molar-refractivity contribution in [2.45, 2.75) is 6.61 Å². The molecule has 31 heavy (non-hydrogen) atoms. The first-order valence-corrected chi connectivity index (χ1v) is 9.61. The molecule has 0 aliphatic rings.